The summed E-state index contributed by atoms with van der Waals surface area (Å²) in [6.07, 6.45) is 0.245. The second-order valence-electron chi connectivity index (χ2n) is 4.02. The van der Waals surface area contributed by atoms with E-state index in [1.165, 1.54) is 26.3 Å². The largest absolute Gasteiger partial charge is 0.497 e. The highest BCUT2D eigenvalue weighted by Crippen LogP contribution is 2.18. The van der Waals surface area contributed by atoms with Crippen molar-refractivity contribution >= 4 is 11.9 Å². The molecule has 0 aromatic heterocycles. The minimum Gasteiger partial charge on any atom is -0.497 e. The van der Waals surface area contributed by atoms with Crippen molar-refractivity contribution in [3.05, 3.63) is 29.6 Å². The Hall–Kier alpha value is -2.11. The van der Waals surface area contributed by atoms with E-state index < -0.39 is 23.7 Å². The van der Waals surface area contributed by atoms with Crippen molar-refractivity contribution in [2.75, 3.05) is 14.2 Å². The van der Waals surface area contributed by atoms with Crippen molar-refractivity contribution in [1.29, 1.82) is 0 Å². The van der Waals surface area contributed by atoms with E-state index in [0.29, 0.717) is 5.75 Å². The SMILES string of the molecule is CCC(C(=O)O)N(C)C(=O)c1ccc(OC)cc1F. The summed E-state index contributed by atoms with van der Waals surface area (Å²) in [5.41, 5.74) is -0.178. The molecule has 0 saturated carbocycles. The van der Waals surface area contributed by atoms with E-state index in [-0.39, 0.29) is 12.0 Å². The summed E-state index contributed by atoms with van der Waals surface area (Å²) in [5, 5.41) is 8.98. The number of benzene rings is 1. The molecule has 1 atom stereocenters. The Labute approximate surface area is 110 Å². The Bertz CT molecular complexity index is 490. The minimum atomic E-state index is -1.12. The molecule has 0 spiro atoms. The summed E-state index contributed by atoms with van der Waals surface area (Å²) < 4.78 is 18.6. The Kier molecular flexibility index (Phi) is 4.86. The summed E-state index contributed by atoms with van der Waals surface area (Å²) in [7, 11) is 2.73. The fraction of sp³-hybridized carbons (Fsp3) is 0.385. The number of methoxy groups -OCH3 is 1. The number of hydrogen-bond donors (Lipinski definition) is 1. The summed E-state index contributed by atoms with van der Waals surface area (Å²) in [5.74, 6) is -2.24. The normalized spacial score (nSPS) is 11.8. The van der Waals surface area contributed by atoms with E-state index in [1.54, 1.807) is 6.92 Å². The van der Waals surface area contributed by atoms with Gasteiger partial charge in [-0.05, 0) is 18.6 Å². The fourth-order valence-electron chi connectivity index (χ4n) is 1.74. The second-order valence-corrected chi connectivity index (χ2v) is 4.02. The maximum absolute atomic E-state index is 13.7. The molecule has 0 aliphatic heterocycles. The van der Waals surface area contributed by atoms with Gasteiger partial charge in [0.05, 0.1) is 12.7 Å². The number of nitrogens with zero attached hydrogens (tertiary/aromatic N) is 1. The zero-order valence-corrected chi connectivity index (χ0v) is 11.0. The molecule has 0 radical (unpaired) electrons. The summed E-state index contributed by atoms with van der Waals surface area (Å²) in [4.78, 5) is 24.1. The van der Waals surface area contributed by atoms with Gasteiger partial charge in [0.1, 0.15) is 17.6 Å². The Morgan fingerprint density at radius 3 is 2.53 bits per heavy atom. The van der Waals surface area contributed by atoms with Gasteiger partial charge in [0, 0.05) is 13.1 Å². The van der Waals surface area contributed by atoms with E-state index in [4.69, 9.17) is 9.84 Å². The summed E-state index contributed by atoms with van der Waals surface area (Å²) in [6, 6.07) is 2.84. The molecule has 0 aliphatic rings. The lowest BCUT2D eigenvalue weighted by Gasteiger charge is -2.24. The molecule has 5 nitrogen and oxygen atoms in total. The number of amides is 1. The van der Waals surface area contributed by atoms with E-state index in [2.05, 4.69) is 0 Å². The van der Waals surface area contributed by atoms with E-state index in [9.17, 15) is 14.0 Å². The number of ether oxygens (including phenoxy) is 1. The van der Waals surface area contributed by atoms with Crippen LogP contribution in [0.15, 0.2) is 18.2 Å². The molecule has 1 aromatic rings. The number of hydrogen-bond acceptors (Lipinski definition) is 3. The number of carbonyl (C=O) groups is 2. The number of aliphatic carboxylic acids is 1. The average molecular weight is 269 g/mol. The number of likely N-dealkylation sites (N-methyl/N-ethyl adjacent to an activating group) is 1. The van der Waals surface area contributed by atoms with E-state index >= 15 is 0 Å². The zero-order valence-electron chi connectivity index (χ0n) is 11.0. The minimum absolute atomic E-state index is 0.178. The number of carboxylic acids is 1. The van der Waals surface area contributed by atoms with Crippen LogP contribution in [-0.4, -0.2) is 42.1 Å². The maximum atomic E-state index is 13.7. The Morgan fingerprint density at radius 1 is 1.47 bits per heavy atom. The van der Waals surface area contributed by atoms with Crippen LogP contribution in [0.25, 0.3) is 0 Å². The third-order valence-corrected chi connectivity index (χ3v) is 2.87. The molecule has 1 unspecified atom stereocenters. The van der Waals surface area contributed by atoms with Crippen molar-refractivity contribution in [2.24, 2.45) is 0 Å². The molecule has 0 saturated heterocycles. The smallest absolute Gasteiger partial charge is 0.326 e. The topological polar surface area (TPSA) is 66.8 Å². The molecule has 0 fully saturated rings. The number of carboxylic acid groups (broad SMARTS) is 1. The van der Waals surface area contributed by atoms with Gasteiger partial charge in [0.25, 0.3) is 5.91 Å². The quantitative estimate of drug-likeness (QED) is 0.884. The van der Waals surface area contributed by atoms with Crippen LogP contribution in [0.4, 0.5) is 4.39 Å². The lowest BCUT2D eigenvalue weighted by molar-refractivity contribution is -0.142. The molecule has 0 aliphatic carbocycles. The van der Waals surface area contributed by atoms with Crippen molar-refractivity contribution < 1.29 is 23.8 Å². The standard InChI is InChI=1S/C13H16FNO4/c1-4-11(13(17)18)15(2)12(16)9-6-5-8(19-3)7-10(9)14/h5-7,11H,4H2,1-3H3,(H,17,18). The third kappa shape index (κ3) is 3.21. The monoisotopic (exact) mass is 269 g/mol. The van der Waals surface area contributed by atoms with Crippen molar-refractivity contribution in [2.45, 2.75) is 19.4 Å². The van der Waals surface area contributed by atoms with Crippen molar-refractivity contribution in [3.63, 3.8) is 0 Å². The van der Waals surface area contributed by atoms with Crippen LogP contribution in [0.2, 0.25) is 0 Å². The highest BCUT2D eigenvalue weighted by Gasteiger charge is 2.27. The first-order chi connectivity index (χ1) is 8.92. The molecule has 1 aromatic carbocycles. The second kappa shape index (κ2) is 6.17. The van der Waals surface area contributed by atoms with Gasteiger partial charge in [-0.15, -0.1) is 0 Å². The molecular weight excluding hydrogens is 253 g/mol. The van der Waals surface area contributed by atoms with Crippen LogP contribution in [0.3, 0.4) is 0 Å². The van der Waals surface area contributed by atoms with Gasteiger partial charge in [0.15, 0.2) is 0 Å². The summed E-state index contributed by atoms with van der Waals surface area (Å²) in [6.45, 7) is 1.65. The highest BCUT2D eigenvalue weighted by molar-refractivity contribution is 5.96. The molecule has 1 N–H and O–H groups in total. The van der Waals surface area contributed by atoms with Gasteiger partial charge in [-0.3, -0.25) is 4.79 Å². The highest BCUT2D eigenvalue weighted by atomic mass is 19.1. The molecule has 104 valence electrons. The average Bonchev–Trinajstić information content (AvgIpc) is 2.37. The molecule has 19 heavy (non-hydrogen) atoms. The van der Waals surface area contributed by atoms with Crippen LogP contribution in [0.1, 0.15) is 23.7 Å². The Morgan fingerprint density at radius 2 is 2.11 bits per heavy atom. The predicted octanol–water partition coefficient (Wildman–Crippen LogP) is 1.77. The fourth-order valence-corrected chi connectivity index (χ4v) is 1.74. The molecular formula is C13H16FNO4. The number of rotatable bonds is 5. The number of carbonyl (C=O) groups excluding carboxylic acids is 1. The van der Waals surface area contributed by atoms with Gasteiger partial charge in [0.2, 0.25) is 0 Å². The maximum Gasteiger partial charge on any atom is 0.326 e. The molecule has 1 amide bonds. The van der Waals surface area contributed by atoms with E-state index in [0.717, 1.165) is 11.0 Å². The van der Waals surface area contributed by atoms with Crippen LogP contribution in [-0.2, 0) is 4.79 Å². The van der Waals surface area contributed by atoms with Crippen LogP contribution < -0.4 is 4.74 Å². The molecule has 0 bridgehead atoms. The molecule has 0 heterocycles. The van der Waals surface area contributed by atoms with Gasteiger partial charge >= 0.3 is 5.97 Å². The first-order valence-corrected chi connectivity index (χ1v) is 5.75. The van der Waals surface area contributed by atoms with Gasteiger partial charge in [-0.2, -0.15) is 0 Å². The van der Waals surface area contributed by atoms with Crippen molar-refractivity contribution in [3.8, 4) is 5.75 Å². The first-order valence-electron chi connectivity index (χ1n) is 5.75. The predicted molar refractivity (Wildman–Crippen MR) is 66.8 cm³/mol. The van der Waals surface area contributed by atoms with Crippen LogP contribution >= 0.6 is 0 Å². The lowest BCUT2D eigenvalue weighted by atomic mass is 10.1. The molecule has 1 rings (SSSR count). The lowest BCUT2D eigenvalue weighted by Crippen LogP contribution is -2.42. The number of halogens is 1. The molecule has 6 heteroatoms. The van der Waals surface area contributed by atoms with Crippen LogP contribution in [0, 0.1) is 5.82 Å². The van der Waals surface area contributed by atoms with E-state index in [1.807, 2.05) is 0 Å². The van der Waals surface area contributed by atoms with Gasteiger partial charge in [-0.1, -0.05) is 6.92 Å². The summed E-state index contributed by atoms with van der Waals surface area (Å²) >= 11 is 0. The van der Waals surface area contributed by atoms with Crippen molar-refractivity contribution in [1.82, 2.24) is 4.90 Å². The first kappa shape index (κ1) is 14.9. The van der Waals surface area contributed by atoms with Gasteiger partial charge in [-0.25, -0.2) is 9.18 Å². The zero-order chi connectivity index (χ0) is 14.6. The van der Waals surface area contributed by atoms with Gasteiger partial charge < -0.3 is 14.7 Å². The van der Waals surface area contributed by atoms with Crippen LogP contribution in [0.5, 0.6) is 5.75 Å². The third-order valence-electron chi connectivity index (χ3n) is 2.87. The Balaban J connectivity index is 3.03.